The van der Waals surface area contributed by atoms with Crippen LogP contribution in [0.15, 0.2) is 39.5 Å². The number of ketones is 1. The number of hydrogen-bond acceptors (Lipinski definition) is 8. The van der Waals surface area contributed by atoms with Crippen molar-refractivity contribution in [1.29, 1.82) is 0 Å². The van der Waals surface area contributed by atoms with Crippen LogP contribution in [-0.2, 0) is 17.7 Å². The minimum atomic E-state index is -0.0930. The van der Waals surface area contributed by atoms with E-state index in [1.807, 2.05) is 30.3 Å². The Morgan fingerprint density at radius 1 is 1.30 bits per heavy atom. The maximum Gasteiger partial charge on any atom is 0.279 e. The van der Waals surface area contributed by atoms with Crippen molar-refractivity contribution in [2.45, 2.75) is 36.3 Å². The molecule has 2 aliphatic heterocycles. The van der Waals surface area contributed by atoms with E-state index in [1.54, 1.807) is 0 Å². The molecule has 1 fully saturated rings. The summed E-state index contributed by atoms with van der Waals surface area (Å²) in [6.07, 6.45) is 3.25. The largest absolute Gasteiger partial charge is 0.377 e. The minimum absolute atomic E-state index is 0.0456. The Bertz CT molecular complexity index is 1120. The monoisotopic (exact) mass is 442 g/mol. The third-order valence-electron chi connectivity index (χ3n) is 5.53. The first-order valence-corrected chi connectivity index (χ1v) is 11.9. The molecule has 156 valence electrons. The molecule has 7 nitrogen and oxygen atoms in total. The van der Waals surface area contributed by atoms with Crippen LogP contribution in [0, 0.1) is 0 Å². The summed E-state index contributed by atoms with van der Waals surface area (Å²) < 4.78 is 7.82. The molecule has 0 spiro atoms. The molecular weight excluding hydrogens is 420 g/mol. The van der Waals surface area contributed by atoms with Crippen molar-refractivity contribution in [3.8, 4) is 0 Å². The van der Waals surface area contributed by atoms with Gasteiger partial charge < -0.3 is 4.74 Å². The van der Waals surface area contributed by atoms with Crippen molar-refractivity contribution in [3.05, 3.63) is 57.5 Å². The Labute approximate surface area is 182 Å². The van der Waals surface area contributed by atoms with E-state index in [-0.39, 0.29) is 23.2 Å². The molecule has 1 saturated heterocycles. The van der Waals surface area contributed by atoms with Crippen LogP contribution in [-0.4, -0.2) is 56.8 Å². The fourth-order valence-electron chi connectivity index (χ4n) is 3.96. The molecule has 0 amide bonds. The van der Waals surface area contributed by atoms with Crippen LogP contribution in [0.4, 0.5) is 0 Å². The van der Waals surface area contributed by atoms with E-state index in [0.717, 1.165) is 50.2 Å². The van der Waals surface area contributed by atoms with E-state index in [4.69, 9.17) is 9.72 Å². The molecule has 1 atom stereocenters. The fourth-order valence-corrected chi connectivity index (χ4v) is 5.80. The maximum absolute atomic E-state index is 13.1. The lowest BCUT2D eigenvalue weighted by molar-refractivity contribution is 0.0683. The molecule has 4 heterocycles. The van der Waals surface area contributed by atoms with Crippen molar-refractivity contribution in [3.63, 3.8) is 0 Å². The van der Waals surface area contributed by atoms with Gasteiger partial charge in [-0.15, -0.1) is 5.10 Å². The zero-order valence-electron chi connectivity index (χ0n) is 16.5. The van der Waals surface area contributed by atoms with Crippen LogP contribution in [0.3, 0.4) is 0 Å². The van der Waals surface area contributed by atoms with Crippen LogP contribution in [0.25, 0.3) is 4.96 Å². The zero-order valence-corrected chi connectivity index (χ0v) is 18.1. The standard InChI is InChI=1S/C21H22N4O3S2/c26-18(14-5-2-1-3-6-14)13-29-21-23-25-19(27)16-12-24(11-15-7-4-10-28-15)9-8-17(16)22-20(25)30-21/h1-3,5-6,15H,4,7-13H2/t15-/m1/s1. The average Bonchev–Trinajstić information content (AvgIpc) is 3.43. The van der Waals surface area contributed by atoms with E-state index in [1.165, 1.54) is 27.6 Å². The summed E-state index contributed by atoms with van der Waals surface area (Å²) in [5.41, 5.74) is 2.20. The third-order valence-corrected chi connectivity index (χ3v) is 7.57. The highest BCUT2D eigenvalue weighted by Crippen LogP contribution is 2.26. The van der Waals surface area contributed by atoms with Gasteiger partial charge in [-0.1, -0.05) is 53.4 Å². The van der Waals surface area contributed by atoms with Gasteiger partial charge in [-0.3, -0.25) is 14.5 Å². The highest BCUT2D eigenvalue weighted by molar-refractivity contribution is 8.01. The molecule has 0 bridgehead atoms. The first-order valence-electron chi connectivity index (χ1n) is 10.1. The lowest BCUT2D eigenvalue weighted by Gasteiger charge is -2.29. The number of benzene rings is 1. The first-order chi connectivity index (χ1) is 14.7. The lowest BCUT2D eigenvalue weighted by Crippen LogP contribution is -2.40. The summed E-state index contributed by atoms with van der Waals surface area (Å²) in [6.45, 7) is 3.19. The molecule has 5 rings (SSSR count). The van der Waals surface area contributed by atoms with Crippen LogP contribution < -0.4 is 5.56 Å². The Morgan fingerprint density at radius 2 is 2.17 bits per heavy atom. The molecule has 2 aliphatic rings. The van der Waals surface area contributed by atoms with Gasteiger partial charge in [-0.2, -0.15) is 4.52 Å². The highest BCUT2D eigenvalue weighted by atomic mass is 32.2. The minimum Gasteiger partial charge on any atom is -0.377 e. The molecule has 0 N–H and O–H groups in total. The summed E-state index contributed by atoms with van der Waals surface area (Å²) in [6, 6.07) is 9.21. The van der Waals surface area contributed by atoms with Crippen molar-refractivity contribution < 1.29 is 9.53 Å². The predicted octanol–water partition coefficient (Wildman–Crippen LogP) is 2.66. The van der Waals surface area contributed by atoms with Gasteiger partial charge in [-0.05, 0) is 12.8 Å². The molecule has 3 aromatic rings. The maximum atomic E-state index is 13.1. The summed E-state index contributed by atoms with van der Waals surface area (Å²) >= 11 is 2.72. The predicted molar refractivity (Wildman–Crippen MR) is 117 cm³/mol. The van der Waals surface area contributed by atoms with E-state index < -0.39 is 0 Å². The van der Waals surface area contributed by atoms with E-state index in [2.05, 4.69) is 10.00 Å². The summed E-state index contributed by atoms with van der Waals surface area (Å²) in [7, 11) is 0. The number of rotatable bonds is 6. The Hall–Kier alpha value is -2.07. The van der Waals surface area contributed by atoms with Gasteiger partial charge in [0, 0.05) is 38.2 Å². The smallest absolute Gasteiger partial charge is 0.279 e. The fraction of sp³-hybridized carbons (Fsp3) is 0.429. The van der Waals surface area contributed by atoms with Gasteiger partial charge in [0.1, 0.15) is 0 Å². The molecular formula is C21H22N4O3S2. The lowest BCUT2D eigenvalue weighted by atomic mass is 10.1. The van der Waals surface area contributed by atoms with Crippen LogP contribution in [0.1, 0.15) is 34.5 Å². The van der Waals surface area contributed by atoms with E-state index >= 15 is 0 Å². The first kappa shape index (κ1) is 19.9. The zero-order chi connectivity index (χ0) is 20.5. The molecule has 0 radical (unpaired) electrons. The van der Waals surface area contributed by atoms with Gasteiger partial charge in [0.2, 0.25) is 4.96 Å². The second kappa shape index (κ2) is 8.58. The molecule has 1 aromatic carbocycles. The van der Waals surface area contributed by atoms with Gasteiger partial charge >= 0.3 is 0 Å². The normalized spacial score (nSPS) is 19.3. The van der Waals surface area contributed by atoms with Crippen LogP contribution >= 0.6 is 23.1 Å². The number of fused-ring (bicyclic) bond motifs is 2. The molecule has 2 aromatic heterocycles. The SMILES string of the molecule is O=C(CSc1nn2c(=O)c3c(nc2s1)CCN(C[C@H]1CCCO1)C3)c1ccccc1. The number of carbonyl (C=O) groups excluding carboxylic acids is 1. The second-order valence-electron chi connectivity index (χ2n) is 7.60. The topological polar surface area (TPSA) is 76.8 Å². The number of hydrogen-bond donors (Lipinski definition) is 0. The van der Waals surface area contributed by atoms with Crippen LogP contribution in [0.5, 0.6) is 0 Å². The second-order valence-corrected chi connectivity index (χ2v) is 9.78. The molecule has 9 heteroatoms. The number of aromatic nitrogens is 3. The van der Waals surface area contributed by atoms with Crippen molar-refractivity contribution in [2.24, 2.45) is 0 Å². The van der Waals surface area contributed by atoms with Crippen LogP contribution in [0.2, 0.25) is 0 Å². The highest BCUT2D eigenvalue weighted by Gasteiger charge is 2.26. The molecule has 0 saturated carbocycles. The number of Topliss-reactive ketones (excluding diaryl/α,β-unsaturated/α-hetero) is 1. The van der Waals surface area contributed by atoms with Crippen molar-refractivity contribution in [2.75, 3.05) is 25.4 Å². The van der Waals surface area contributed by atoms with Gasteiger partial charge in [0.25, 0.3) is 5.56 Å². The Balaban J connectivity index is 1.32. The quantitative estimate of drug-likeness (QED) is 0.429. The van der Waals surface area contributed by atoms with Crippen molar-refractivity contribution in [1.82, 2.24) is 19.5 Å². The molecule has 30 heavy (non-hydrogen) atoms. The third kappa shape index (κ3) is 4.07. The number of ether oxygens (including phenoxy) is 1. The molecule has 0 aliphatic carbocycles. The summed E-state index contributed by atoms with van der Waals surface area (Å²) in [5.74, 6) is 0.331. The van der Waals surface area contributed by atoms with Gasteiger partial charge in [-0.25, -0.2) is 4.98 Å². The van der Waals surface area contributed by atoms with E-state index in [9.17, 15) is 9.59 Å². The van der Waals surface area contributed by atoms with Gasteiger partial charge in [0.05, 0.1) is 23.1 Å². The number of nitrogens with zero attached hydrogens (tertiary/aromatic N) is 4. The molecule has 0 unspecified atom stereocenters. The van der Waals surface area contributed by atoms with Gasteiger partial charge in [0.15, 0.2) is 10.1 Å². The number of carbonyl (C=O) groups is 1. The van der Waals surface area contributed by atoms with E-state index in [0.29, 0.717) is 21.4 Å². The summed E-state index contributed by atoms with van der Waals surface area (Å²) in [5, 5.41) is 4.44. The van der Waals surface area contributed by atoms with Crippen molar-refractivity contribution >= 4 is 33.8 Å². The Morgan fingerprint density at radius 3 is 2.97 bits per heavy atom. The summed E-state index contributed by atoms with van der Waals surface area (Å²) in [4.78, 5) is 33.0. The average molecular weight is 443 g/mol. The number of thioether (sulfide) groups is 1. The Kier molecular flexibility index (Phi) is 5.68.